The quantitative estimate of drug-likeness (QED) is 0.710. The van der Waals surface area contributed by atoms with Crippen LogP contribution in [0.5, 0.6) is 11.5 Å². The van der Waals surface area contributed by atoms with Gasteiger partial charge in [-0.15, -0.1) is 0 Å². The maximum atomic E-state index is 10.7. The molecule has 0 saturated carbocycles. The fraction of sp³-hybridized carbons (Fsp3) is 0.235. The predicted molar refractivity (Wildman–Crippen MR) is 89.9 cm³/mol. The summed E-state index contributed by atoms with van der Waals surface area (Å²) in [5, 5.41) is 9.88. The van der Waals surface area contributed by atoms with Crippen LogP contribution in [0.2, 0.25) is 10.0 Å². The fourth-order valence-electron chi connectivity index (χ4n) is 1.99. The molecule has 0 amide bonds. The third-order valence-corrected chi connectivity index (χ3v) is 3.61. The molecule has 0 aromatic heterocycles. The van der Waals surface area contributed by atoms with Crippen molar-refractivity contribution in [2.45, 2.75) is 12.8 Å². The van der Waals surface area contributed by atoms with E-state index in [1.54, 1.807) is 30.3 Å². The van der Waals surface area contributed by atoms with Crippen LogP contribution in [0.15, 0.2) is 42.5 Å². The van der Waals surface area contributed by atoms with Gasteiger partial charge < -0.3 is 14.6 Å². The first-order valence-corrected chi connectivity index (χ1v) is 7.82. The first kappa shape index (κ1) is 17.4. The monoisotopic (exact) mass is 354 g/mol. The Hall–Kier alpha value is -1.91. The molecule has 0 fully saturated rings. The van der Waals surface area contributed by atoms with E-state index in [9.17, 15) is 4.79 Å². The molecule has 0 bridgehead atoms. The number of rotatable bonds is 8. The Kier molecular flexibility index (Phi) is 6.56. The summed E-state index contributed by atoms with van der Waals surface area (Å²) in [6.07, 6.45) is 0.378. The van der Waals surface area contributed by atoms with Crippen molar-refractivity contribution in [3.05, 3.63) is 58.1 Å². The Morgan fingerprint density at radius 3 is 2.39 bits per heavy atom. The lowest BCUT2D eigenvalue weighted by molar-refractivity contribution is -0.136. The highest BCUT2D eigenvalue weighted by Gasteiger charge is 2.08. The number of aryl methyl sites for hydroxylation is 1. The van der Waals surface area contributed by atoms with Gasteiger partial charge in [-0.2, -0.15) is 0 Å². The SMILES string of the molecule is O=C(O)CCc1cc(Cl)ccc1OCCOc1ccccc1Cl. The summed E-state index contributed by atoms with van der Waals surface area (Å²) in [7, 11) is 0. The minimum absolute atomic E-state index is 0.0207. The minimum atomic E-state index is -0.863. The van der Waals surface area contributed by atoms with Gasteiger partial charge in [-0.05, 0) is 42.3 Å². The molecule has 0 spiro atoms. The van der Waals surface area contributed by atoms with Crippen molar-refractivity contribution in [3.63, 3.8) is 0 Å². The molecule has 2 rings (SSSR count). The molecule has 0 heterocycles. The zero-order chi connectivity index (χ0) is 16.7. The minimum Gasteiger partial charge on any atom is -0.490 e. The highest BCUT2D eigenvalue weighted by Crippen LogP contribution is 2.25. The molecule has 0 aliphatic heterocycles. The lowest BCUT2D eigenvalue weighted by Gasteiger charge is -2.12. The molecule has 0 aliphatic carbocycles. The van der Waals surface area contributed by atoms with E-state index >= 15 is 0 Å². The summed E-state index contributed by atoms with van der Waals surface area (Å²) >= 11 is 11.9. The van der Waals surface area contributed by atoms with Crippen LogP contribution in [-0.4, -0.2) is 24.3 Å². The molecule has 23 heavy (non-hydrogen) atoms. The molecule has 0 saturated heterocycles. The number of carboxylic acid groups (broad SMARTS) is 1. The van der Waals surface area contributed by atoms with E-state index in [0.29, 0.717) is 41.2 Å². The molecule has 6 heteroatoms. The van der Waals surface area contributed by atoms with Crippen molar-refractivity contribution in [2.24, 2.45) is 0 Å². The van der Waals surface area contributed by atoms with Crippen LogP contribution in [0.4, 0.5) is 0 Å². The lowest BCUT2D eigenvalue weighted by Crippen LogP contribution is -2.10. The van der Waals surface area contributed by atoms with Gasteiger partial charge >= 0.3 is 5.97 Å². The number of benzene rings is 2. The van der Waals surface area contributed by atoms with Crippen LogP contribution < -0.4 is 9.47 Å². The lowest BCUT2D eigenvalue weighted by atomic mass is 10.1. The van der Waals surface area contributed by atoms with Crippen LogP contribution in [0.25, 0.3) is 0 Å². The molecule has 2 aromatic carbocycles. The van der Waals surface area contributed by atoms with Gasteiger partial charge in [0.15, 0.2) is 0 Å². The van der Waals surface area contributed by atoms with Crippen LogP contribution in [0, 0.1) is 0 Å². The first-order chi connectivity index (χ1) is 11.1. The van der Waals surface area contributed by atoms with Crippen LogP contribution in [-0.2, 0) is 11.2 Å². The summed E-state index contributed by atoms with van der Waals surface area (Å²) < 4.78 is 11.2. The maximum Gasteiger partial charge on any atom is 0.303 e. The van der Waals surface area contributed by atoms with Gasteiger partial charge in [-0.25, -0.2) is 0 Å². The normalized spacial score (nSPS) is 10.3. The van der Waals surface area contributed by atoms with Gasteiger partial charge in [-0.1, -0.05) is 35.3 Å². The van der Waals surface area contributed by atoms with Crippen LogP contribution >= 0.6 is 23.2 Å². The number of ether oxygens (including phenoxy) is 2. The van der Waals surface area contributed by atoms with Crippen LogP contribution in [0.3, 0.4) is 0 Å². The number of aliphatic carboxylic acids is 1. The second-order valence-corrected chi connectivity index (χ2v) is 5.62. The van der Waals surface area contributed by atoms with Gasteiger partial charge in [0.05, 0.1) is 5.02 Å². The zero-order valence-corrected chi connectivity index (χ0v) is 13.8. The third-order valence-electron chi connectivity index (χ3n) is 3.07. The van der Waals surface area contributed by atoms with E-state index in [0.717, 1.165) is 5.56 Å². The van der Waals surface area contributed by atoms with Crippen molar-refractivity contribution in [1.29, 1.82) is 0 Å². The number of carbonyl (C=O) groups is 1. The molecule has 122 valence electrons. The Morgan fingerprint density at radius 2 is 1.70 bits per heavy atom. The molecule has 0 unspecified atom stereocenters. The second kappa shape index (κ2) is 8.65. The third kappa shape index (κ3) is 5.66. The number of carboxylic acids is 1. The Bertz CT molecular complexity index is 673. The largest absolute Gasteiger partial charge is 0.490 e. The fourth-order valence-corrected chi connectivity index (χ4v) is 2.38. The van der Waals surface area contributed by atoms with Crippen molar-refractivity contribution in [3.8, 4) is 11.5 Å². The van der Waals surface area contributed by atoms with Crippen molar-refractivity contribution in [2.75, 3.05) is 13.2 Å². The van der Waals surface area contributed by atoms with Gasteiger partial charge in [0, 0.05) is 11.4 Å². The topological polar surface area (TPSA) is 55.8 Å². The zero-order valence-electron chi connectivity index (χ0n) is 12.3. The molecular formula is C17H16Cl2O4. The first-order valence-electron chi connectivity index (χ1n) is 7.06. The van der Waals surface area contributed by atoms with E-state index < -0.39 is 5.97 Å². The van der Waals surface area contributed by atoms with E-state index in [4.69, 9.17) is 37.8 Å². The van der Waals surface area contributed by atoms with Gasteiger partial charge in [0.25, 0.3) is 0 Å². The Labute approximate surface area is 144 Å². The highest BCUT2D eigenvalue weighted by molar-refractivity contribution is 6.32. The molecule has 0 atom stereocenters. The molecule has 0 aliphatic rings. The van der Waals surface area contributed by atoms with E-state index in [-0.39, 0.29) is 6.42 Å². The molecule has 4 nitrogen and oxygen atoms in total. The Morgan fingerprint density at radius 1 is 1.00 bits per heavy atom. The Balaban J connectivity index is 1.90. The van der Waals surface area contributed by atoms with Gasteiger partial charge in [0.1, 0.15) is 24.7 Å². The molecule has 1 N–H and O–H groups in total. The summed E-state index contributed by atoms with van der Waals surface area (Å²) in [5.74, 6) is 0.344. The van der Waals surface area contributed by atoms with Crippen molar-refractivity contribution < 1.29 is 19.4 Å². The van der Waals surface area contributed by atoms with E-state index in [1.807, 2.05) is 12.1 Å². The number of halogens is 2. The number of hydrogen-bond donors (Lipinski definition) is 1. The highest BCUT2D eigenvalue weighted by atomic mass is 35.5. The van der Waals surface area contributed by atoms with Crippen molar-refractivity contribution in [1.82, 2.24) is 0 Å². The van der Waals surface area contributed by atoms with Crippen LogP contribution in [0.1, 0.15) is 12.0 Å². The summed E-state index contributed by atoms with van der Waals surface area (Å²) in [6.45, 7) is 0.637. The number of hydrogen-bond acceptors (Lipinski definition) is 3. The summed E-state index contributed by atoms with van der Waals surface area (Å²) in [4.78, 5) is 10.7. The number of para-hydroxylation sites is 1. The molecular weight excluding hydrogens is 339 g/mol. The average Bonchev–Trinajstić information content (AvgIpc) is 2.52. The van der Waals surface area contributed by atoms with Gasteiger partial charge in [0.2, 0.25) is 0 Å². The molecule has 0 radical (unpaired) electrons. The maximum absolute atomic E-state index is 10.7. The summed E-state index contributed by atoms with van der Waals surface area (Å²) in [6, 6.07) is 12.4. The molecule has 2 aromatic rings. The standard InChI is InChI=1S/C17H16Cl2O4/c18-13-6-7-15(12(11-13)5-8-17(20)21)22-9-10-23-16-4-2-1-3-14(16)19/h1-4,6-7,11H,5,8-10H2,(H,20,21). The van der Waals surface area contributed by atoms with Crippen molar-refractivity contribution >= 4 is 29.2 Å². The van der Waals surface area contributed by atoms with E-state index in [1.165, 1.54) is 0 Å². The average molecular weight is 355 g/mol. The smallest absolute Gasteiger partial charge is 0.303 e. The predicted octanol–water partition coefficient (Wildman–Crippen LogP) is 4.47. The van der Waals surface area contributed by atoms with Gasteiger partial charge in [-0.3, -0.25) is 4.79 Å². The van der Waals surface area contributed by atoms with E-state index in [2.05, 4.69) is 0 Å². The second-order valence-electron chi connectivity index (χ2n) is 4.77. The summed E-state index contributed by atoms with van der Waals surface area (Å²) in [5.41, 5.74) is 0.762.